The zero-order valence-corrected chi connectivity index (χ0v) is 14.3. The number of aromatic nitrogens is 2. The number of rotatable bonds is 4. The number of hydrogen-bond donors (Lipinski definition) is 1. The van der Waals surface area contributed by atoms with Crippen molar-refractivity contribution >= 4 is 21.8 Å². The van der Waals surface area contributed by atoms with E-state index in [9.17, 15) is 0 Å². The van der Waals surface area contributed by atoms with Gasteiger partial charge in [0.05, 0.1) is 31.5 Å². The quantitative estimate of drug-likeness (QED) is 0.801. The molecule has 0 saturated carbocycles. The molecule has 24 heavy (non-hydrogen) atoms. The lowest BCUT2D eigenvalue weighted by atomic mass is 10.0. The molecule has 1 N–H and O–H groups in total. The van der Waals surface area contributed by atoms with Crippen molar-refractivity contribution in [3.05, 3.63) is 41.2 Å². The van der Waals surface area contributed by atoms with E-state index in [0.29, 0.717) is 6.61 Å². The fraction of sp³-hybridized carbons (Fsp3) is 0.421. The third-order valence-corrected chi connectivity index (χ3v) is 4.85. The highest BCUT2D eigenvalue weighted by atomic mass is 16.5. The smallest absolute Gasteiger partial charge is 0.0737 e. The number of methoxy groups -OCH3 is 1. The number of aryl methyl sites for hydroxylation is 1. The van der Waals surface area contributed by atoms with Crippen molar-refractivity contribution in [1.29, 1.82) is 0 Å². The van der Waals surface area contributed by atoms with Gasteiger partial charge >= 0.3 is 0 Å². The fourth-order valence-electron chi connectivity index (χ4n) is 3.63. The average Bonchev–Trinajstić information content (AvgIpc) is 2.98. The van der Waals surface area contributed by atoms with Crippen LogP contribution in [0.1, 0.15) is 16.8 Å². The van der Waals surface area contributed by atoms with Gasteiger partial charge in [0.25, 0.3) is 0 Å². The summed E-state index contributed by atoms with van der Waals surface area (Å²) in [6.45, 7) is 7.20. The van der Waals surface area contributed by atoms with Crippen molar-refractivity contribution in [3.8, 4) is 0 Å². The maximum absolute atomic E-state index is 5.47. The molecule has 1 aromatic carbocycles. The first kappa shape index (κ1) is 15.6. The Kier molecular flexibility index (Phi) is 4.22. The second-order valence-corrected chi connectivity index (χ2v) is 6.40. The van der Waals surface area contributed by atoms with E-state index in [0.717, 1.165) is 44.1 Å². The minimum absolute atomic E-state index is 0.578. The van der Waals surface area contributed by atoms with Gasteiger partial charge in [0.15, 0.2) is 0 Å². The first-order valence-electron chi connectivity index (χ1n) is 8.44. The van der Waals surface area contributed by atoms with Gasteiger partial charge < -0.3 is 14.5 Å². The molecule has 1 fully saturated rings. The van der Waals surface area contributed by atoms with Crippen molar-refractivity contribution in [3.63, 3.8) is 0 Å². The largest absolute Gasteiger partial charge is 0.380 e. The van der Waals surface area contributed by atoms with Gasteiger partial charge in [-0.15, -0.1) is 0 Å². The number of H-pyrrole nitrogens is 1. The van der Waals surface area contributed by atoms with E-state index in [-0.39, 0.29) is 0 Å². The molecule has 5 heteroatoms. The summed E-state index contributed by atoms with van der Waals surface area (Å²) in [5, 5.41) is 2.56. The van der Waals surface area contributed by atoms with Crippen molar-refractivity contribution in [2.24, 2.45) is 0 Å². The van der Waals surface area contributed by atoms with Crippen LogP contribution in [0.5, 0.6) is 0 Å². The molecule has 3 heterocycles. The van der Waals surface area contributed by atoms with Gasteiger partial charge in [-0.05, 0) is 18.6 Å². The van der Waals surface area contributed by atoms with Crippen LogP contribution in [0, 0.1) is 6.92 Å². The van der Waals surface area contributed by atoms with Crippen LogP contribution in [0.2, 0.25) is 0 Å². The topological polar surface area (TPSA) is 50.4 Å². The minimum atomic E-state index is 0.578. The van der Waals surface area contributed by atoms with Gasteiger partial charge in [-0.1, -0.05) is 12.1 Å². The molecule has 2 aromatic heterocycles. The predicted molar refractivity (Wildman–Crippen MR) is 95.1 cm³/mol. The van der Waals surface area contributed by atoms with Crippen LogP contribution in [0.3, 0.4) is 0 Å². The Balaban J connectivity index is 1.88. The Hall–Kier alpha value is -1.95. The van der Waals surface area contributed by atoms with Gasteiger partial charge in [0, 0.05) is 54.3 Å². The highest BCUT2D eigenvalue weighted by Gasteiger charge is 2.17. The van der Waals surface area contributed by atoms with E-state index < -0.39 is 0 Å². The van der Waals surface area contributed by atoms with Crippen LogP contribution in [-0.4, -0.2) is 48.3 Å². The third-order valence-electron chi connectivity index (χ3n) is 4.85. The Morgan fingerprint density at radius 2 is 2.04 bits per heavy atom. The summed E-state index contributed by atoms with van der Waals surface area (Å²) in [6, 6.07) is 6.51. The molecule has 5 nitrogen and oxygen atoms in total. The monoisotopic (exact) mass is 325 g/mol. The van der Waals surface area contributed by atoms with E-state index in [1.165, 1.54) is 27.4 Å². The number of hydrogen-bond acceptors (Lipinski definition) is 4. The highest BCUT2D eigenvalue weighted by molar-refractivity contribution is 6.10. The molecule has 0 unspecified atom stereocenters. The van der Waals surface area contributed by atoms with Crippen molar-refractivity contribution < 1.29 is 9.47 Å². The molecular weight excluding hydrogens is 302 g/mol. The van der Waals surface area contributed by atoms with Crippen LogP contribution in [0.4, 0.5) is 0 Å². The molecule has 0 radical (unpaired) electrons. The van der Waals surface area contributed by atoms with E-state index >= 15 is 0 Å². The zero-order chi connectivity index (χ0) is 16.5. The molecule has 0 aliphatic carbocycles. The number of morpholine rings is 1. The molecule has 1 saturated heterocycles. The summed E-state index contributed by atoms with van der Waals surface area (Å²) < 4.78 is 10.9. The van der Waals surface area contributed by atoms with Crippen LogP contribution >= 0.6 is 0 Å². The van der Waals surface area contributed by atoms with E-state index in [1.807, 2.05) is 6.20 Å². The number of ether oxygens (including phenoxy) is 2. The molecule has 0 amide bonds. The fourth-order valence-corrected chi connectivity index (χ4v) is 3.63. The molecule has 126 valence electrons. The van der Waals surface area contributed by atoms with Crippen molar-refractivity contribution in [1.82, 2.24) is 14.9 Å². The van der Waals surface area contributed by atoms with E-state index in [2.05, 4.69) is 40.0 Å². The number of pyridine rings is 1. The maximum Gasteiger partial charge on any atom is 0.0737 e. The molecule has 1 aliphatic rings. The van der Waals surface area contributed by atoms with Gasteiger partial charge in [-0.25, -0.2) is 0 Å². The Labute approximate surface area is 141 Å². The summed E-state index contributed by atoms with van der Waals surface area (Å²) in [5.74, 6) is 0. The van der Waals surface area contributed by atoms with Crippen LogP contribution in [0.15, 0.2) is 24.4 Å². The lowest BCUT2D eigenvalue weighted by molar-refractivity contribution is 0.0344. The lowest BCUT2D eigenvalue weighted by Gasteiger charge is -2.27. The zero-order valence-electron chi connectivity index (χ0n) is 14.3. The molecule has 0 bridgehead atoms. The first-order valence-corrected chi connectivity index (χ1v) is 8.44. The molecule has 0 atom stereocenters. The standard InChI is InChI=1S/C19H23N3O2/c1-13-15(12-23-2)19-17(10-20-13)21-16-5-3-4-14(18(16)19)11-22-6-8-24-9-7-22/h3-5,10,21H,6-9,11-12H2,1-2H3. The summed E-state index contributed by atoms with van der Waals surface area (Å²) in [4.78, 5) is 10.5. The van der Waals surface area contributed by atoms with Crippen LogP contribution < -0.4 is 0 Å². The minimum Gasteiger partial charge on any atom is -0.380 e. The van der Waals surface area contributed by atoms with Crippen LogP contribution in [-0.2, 0) is 22.6 Å². The second-order valence-electron chi connectivity index (χ2n) is 6.40. The van der Waals surface area contributed by atoms with Gasteiger partial charge in [0.2, 0.25) is 0 Å². The van der Waals surface area contributed by atoms with Gasteiger partial charge in [-0.3, -0.25) is 9.88 Å². The predicted octanol–water partition coefficient (Wildman–Crippen LogP) is 3.00. The normalized spacial score (nSPS) is 16.2. The first-order chi connectivity index (χ1) is 11.8. The SMILES string of the molecule is COCc1c(C)ncc2[nH]c3cccc(CN4CCOCC4)c3c12. The number of nitrogens with zero attached hydrogens (tertiary/aromatic N) is 2. The molecule has 3 aromatic rings. The van der Waals surface area contributed by atoms with E-state index in [4.69, 9.17) is 9.47 Å². The lowest BCUT2D eigenvalue weighted by Crippen LogP contribution is -2.35. The maximum atomic E-state index is 5.47. The van der Waals surface area contributed by atoms with Gasteiger partial charge in [0.1, 0.15) is 0 Å². The average molecular weight is 325 g/mol. The summed E-state index contributed by atoms with van der Waals surface area (Å²) in [7, 11) is 1.74. The number of fused-ring (bicyclic) bond motifs is 3. The molecule has 4 rings (SSSR count). The summed E-state index contributed by atoms with van der Waals surface area (Å²) in [5.41, 5.74) is 5.81. The third kappa shape index (κ3) is 2.69. The molecule has 1 aliphatic heterocycles. The number of benzene rings is 1. The summed E-state index contributed by atoms with van der Waals surface area (Å²) >= 11 is 0. The highest BCUT2D eigenvalue weighted by Crippen LogP contribution is 2.33. The second kappa shape index (κ2) is 6.51. The Bertz CT molecular complexity index is 866. The van der Waals surface area contributed by atoms with Crippen molar-refractivity contribution in [2.45, 2.75) is 20.1 Å². The summed E-state index contributed by atoms with van der Waals surface area (Å²) in [6.07, 6.45) is 1.93. The number of nitrogens with one attached hydrogen (secondary N) is 1. The van der Waals surface area contributed by atoms with Gasteiger partial charge in [-0.2, -0.15) is 0 Å². The molecular formula is C19H23N3O2. The number of aromatic amines is 1. The molecule has 0 spiro atoms. The van der Waals surface area contributed by atoms with Crippen molar-refractivity contribution in [2.75, 3.05) is 33.4 Å². The Morgan fingerprint density at radius 3 is 2.83 bits per heavy atom. The van der Waals surface area contributed by atoms with Crippen LogP contribution in [0.25, 0.3) is 21.8 Å². The Morgan fingerprint density at radius 1 is 1.21 bits per heavy atom. The van der Waals surface area contributed by atoms with E-state index in [1.54, 1.807) is 7.11 Å².